The number of halogens is 1. The number of nitrogens with zero attached hydrogens (tertiary/aromatic N) is 6. The highest BCUT2D eigenvalue weighted by atomic mass is 32.2. The predicted octanol–water partition coefficient (Wildman–Crippen LogP) is 5.61. The van der Waals surface area contributed by atoms with Crippen LogP contribution in [0.25, 0.3) is 27.6 Å². The van der Waals surface area contributed by atoms with Gasteiger partial charge in [-0.3, -0.25) is 0 Å². The van der Waals surface area contributed by atoms with Gasteiger partial charge in [0, 0.05) is 24.1 Å². The molecule has 6 aromatic rings. The summed E-state index contributed by atoms with van der Waals surface area (Å²) in [6.45, 7) is 2.75. The highest BCUT2D eigenvalue weighted by Crippen LogP contribution is 2.27. The molecule has 0 aliphatic carbocycles. The largest absolute Gasteiger partial charge is 0.328 e. The van der Waals surface area contributed by atoms with Gasteiger partial charge in [0.05, 0.1) is 16.6 Å². The molecule has 0 atom stereocenters. The molecular formula is C26H21FN6S. The topological polar surface area (TPSA) is 60.9 Å². The van der Waals surface area contributed by atoms with Crippen LogP contribution in [0.4, 0.5) is 4.39 Å². The molecule has 3 aromatic heterocycles. The third-order valence-electron chi connectivity index (χ3n) is 5.91. The van der Waals surface area contributed by atoms with Crippen molar-refractivity contribution in [3.63, 3.8) is 0 Å². The Morgan fingerprint density at radius 3 is 2.50 bits per heavy atom. The van der Waals surface area contributed by atoms with Crippen LogP contribution in [0.5, 0.6) is 0 Å². The summed E-state index contributed by atoms with van der Waals surface area (Å²) in [4.78, 5) is 14.3. The maximum absolute atomic E-state index is 14.2. The van der Waals surface area contributed by atoms with Crippen LogP contribution in [0.3, 0.4) is 0 Å². The van der Waals surface area contributed by atoms with Crippen molar-refractivity contribution in [1.29, 1.82) is 0 Å². The van der Waals surface area contributed by atoms with E-state index in [0.717, 1.165) is 45.8 Å². The molecule has 0 saturated carbocycles. The number of aryl methyl sites for hydroxylation is 3. The molecule has 3 heterocycles. The Hall–Kier alpha value is -3.78. The van der Waals surface area contributed by atoms with E-state index in [1.807, 2.05) is 55.5 Å². The predicted molar refractivity (Wildman–Crippen MR) is 132 cm³/mol. The van der Waals surface area contributed by atoms with Crippen molar-refractivity contribution in [1.82, 2.24) is 29.1 Å². The second-order valence-corrected chi connectivity index (χ2v) is 9.05. The zero-order valence-electron chi connectivity index (χ0n) is 18.5. The number of imidazole rings is 1. The van der Waals surface area contributed by atoms with Crippen LogP contribution in [-0.4, -0.2) is 29.1 Å². The first-order valence-electron chi connectivity index (χ1n) is 11.1. The van der Waals surface area contributed by atoms with E-state index in [4.69, 9.17) is 15.1 Å². The van der Waals surface area contributed by atoms with Crippen LogP contribution in [0.2, 0.25) is 0 Å². The summed E-state index contributed by atoms with van der Waals surface area (Å²) in [5.41, 5.74) is 4.35. The number of hydrogen-bond donors (Lipinski definition) is 0. The van der Waals surface area contributed by atoms with E-state index in [-0.39, 0.29) is 5.82 Å². The lowest BCUT2D eigenvalue weighted by molar-refractivity contribution is 0.617. The van der Waals surface area contributed by atoms with Gasteiger partial charge in [-0.05, 0) is 42.8 Å². The zero-order valence-corrected chi connectivity index (χ0v) is 19.3. The average Bonchev–Trinajstić information content (AvgIpc) is 3.42. The van der Waals surface area contributed by atoms with Crippen molar-refractivity contribution in [2.24, 2.45) is 0 Å². The number of rotatable bonds is 6. The minimum absolute atomic E-state index is 0.214. The average molecular weight is 469 g/mol. The molecule has 0 amide bonds. The summed E-state index contributed by atoms with van der Waals surface area (Å²) < 4.78 is 18.2. The fourth-order valence-electron chi connectivity index (χ4n) is 4.22. The van der Waals surface area contributed by atoms with Gasteiger partial charge >= 0.3 is 0 Å². The van der Waals surface area contributed by atoms with Gasteiger partial charge in [-0.25, -0.2) is 19.3 Å². The first kappa shape index (κ1) is 20.8. The molecule has 0 fully saturated rings. The first-order chi connectivity index (χ1) is 16.7. The Morgan fingerprint density at radius 1 is 0.853 bits per heavy atom. The molecule has 0 saturated heterocycles. The summed E-state index contributed by atoms with van der Waals surface area (Å²) in [7, 11) is 0. The molecule has 0 unspecified atom stereocenters. The molecule has 6 nitrogen and oxygen atoms in total. The van der Waals surface area contributed by atoms with Crippen LogP contribution in [0, 0.1) is 12.7 Å². The van der Waals surface area contributed by atoms with E-state index < -0.39 is 0 Å². The Bertz CT molecular complexity index is 1650. The van der Waals surface area contributed by atoms with Gasteiger partial charge in [-0.1, -0.05) is 54.2 Å². The Kier molecular flexibility index (Phi) is 5.22. The number of hydrogen-bond acceptors (Lipinski definition) is 5. The molecular weight excluding hydrogens is 447 g/mol. The zero-order chi connectivity index (χ0) is 23.1. The van der Waals surface area contributed by atoms with Gasteiger partial charge in [-0.2, -0.15) is 4.52 Å². The quantitative estimate of drug-likeness (QED) is 0.235. The first-order valence-corrected chi connectivity index (χ1v) is 12.1. The van der Waals surface area contributed by atoms with Crippen molar-refractivity contribution in [3.05, 3.63) is 95.8 Å². The Balaban J connectivity index is 1.36. The molecule has 3 aromatic carbocycles. The molecule has 0 spiro atoms. The second-order valence-electron chi connectivity index (χ2n) is 8.10. The molecule has 0 N–H and O–H groups in total. The molecule has 34 heavy (non-hydrogen) atoms. The van der Waals surface area contributed by atoms with Crippen molar-refractivity contribution >= 4 is 39.3 Å². The molecule has 0 aliphatic heterocycles. The highest BCUT2D eigenvalue weighted by molar-refractivity contribution is 7.98. The fraction of sp³-hybridized carbons (Fsp3) is 0.154. The fourth-order valence-corrected chi connectivity index (χ4v) is 5.15. The van der Waals surface area contributed by atoms with E-state index in [2.05, 4.69) is 15.6 Å². The van der Waals surface area contributed by atoms with E-state index in [1.165, 1.54) is 17.8 Å². The van der Waals surface area contributed by atoms with Crippen LogP contribution in [0.15, 0.2) is 78.0 Å². The number of para-hydroxylation sites is 3. The number of thioether (sulfide) groups is 1. The van der Waals surface area contributed by atoms with Crippen LogP contribution >= 0.6 is 11.8 Å². The Morgan fingerprint density at radius 2 is 1.62 bits per heavy atom. The molecule has 8 heteroatoms. The molecule has 0 aliphatic rings. The van der Waals surface area contributed by atoms with E-state index >= 15 is 0 Å². The van der Waals surface area contributed by atoms with Gasteiger partial charge in [-0.15, -0.1) is 5.10 Å². The van der Waals surface area contributed by atoms with Crippen LogP contribution in [0.1, 0.15) is 17.2 Å². The summed E-state index contributed by atoms with van der Waals surface area (Å²) in [6, 6.07) is 22.9. The number of aromatic nitrogens is 6. The van der Waals surface area contributed by atoms with Gasteiger partial charge in [0.1, 0.15) is 11.6 Å². The smallest absolute Gasteiger partial charge is 0.191 e. The van der Waals surface area contributed by atoms with Crippen molar-refractivity contribution in [2.75, 3.05) is 0 Å². The third kappa shape index (κ3) is 3.70. The van der Waals surface area contributed by atoms with Gasteiger partial charge in [0.25, 0.3) is 0 Å². The van der Waals surface area contributed by atoms with E-state index in [0.29, 0.717) is 22.9 Å². The monoisotopic (exact) mass is 468 g/mol. The van der Waals surface area contributed by atoms with Crippen LogP contribution in [-0.2, 0) is 18.7 Å². The number of fused-ring (bicyclic) bond motifs is 4. The van der Waals surface area contributed by atoms with Gasteiger partial charge < -0.3 is 4.57 Å². The van der Waals surface area contributed by atoms with E-state index in [9.17, 15) is 4.39 Å². The lowest BCUT2D eigenvalue weighted by Crippen LogP contribution is -2.05. The summed E-state index contributed by atoms with van der Waals surface area (Å²) in [6.07, 6.45) is 0.661. The molecule has 0 bridgehead atoms. The highest BCUT2D eigenvalue weighted by Gasteiger charge is 2.15. The lowest BCUT2D eigenvalue weighted by Gasteiger charge is -2.06. The van der Waals surface area contributed by atoms with Gasteiger partial charge in [0.2, 0.25) is 0 Å². The normalized spacial score (nSPS) is 11.7. The minimum Gasteiger partial charge on any atom is -0.328 e. The SMILES string of the molecule is Cc1nc2ccccc2n1CCc1nc2c3ccccc3nc(SCc3ccccc3F)n2n1. The second kappa shape index (κ2) is 8.53. The van der Waals surface area contributed by atoms with Crippen LogP contribution < -0.4 is 0 Å². The standard InChI is InChI=1S/C26H21FN6S/c1-17-28-22-12-6-7-13-23(22)32(17)15-14-24-30-25-19-9-3-5-11-21(19)29-26(33(25)31-24)34-16-18-8-2-4-10-20(18)27/h2-13H,14-16H2,1H3. The van der Waals surface area contributed by atoms with Crippen molar-refractivity contribution < 1.29 is 4.39 Å². The summed E-state index contributed by atoms with van der Waals surface area (Å²) in [5, 5.41) is 6.44. The van der Waals surface area contributed by atoms with E-state index in [1.54, 1.807) is 16.6 Å². The summed E-state index contributed by atoms with van der Waals surface area (Å²) in [5.74, 6) is 1.96. The summed E-state index contributed by atoms with van der Waals surface area (Å²) >= 11 is 1.46. The maximum atomic E-state index is 14.2. The maximum Gasteiger partial charge on any atom is 0.191 e. The Labute approximate surface area is 199 Å². The molecule has 6 rings (SSSR count). The van der Waals surface area contributed by atoms with Crippen molar-refractivity contribution in [3.8, 4) is 0 Å². The lowest BCUT2D eigenvalue weighted by atomic mass is 10.2. The molecule has 168 valence electrons. The van der Waals surface area contributed by atoms with Gasteiger partial charge in [0.15, 0.2) is 16.6 Å². The van der Waals surface area contributed by atoms with Crippen molar-refractivity contribution in [2.45, 2.75) is 30.8 Å². The number of benzene rings is 3. The third-order valence-corrected chi connectivity index (χ3v) is 6.89. The minimum atomic E-state index is -0.214. The molecule has 0 radical (unpaired) electrons.